The number of aliphatic carboxylic acids is 1. The first kappa shape index (κ1) is 10.5. The monoisotopic (exact) mass is 186 g/mol. The second kappa shape index (κ2) is 4.07. The van der Waals surface area contributed by atoms with Gasteiger partial charge >= 0.3 is 5.97 Å². The number of likely N-dealkylation sites (tertiary alicyclic amines) is 1. The van der Waals surface area contributed by atoms with Crippen molar-refractivity contribution in [3.63, 3.8) is 0 Å². The molecule has 1 aliphatic heterocycles. The van der Waals surface area contributed by atoms with Gasteiger partial charge in [0.2, 0.25) is 0 Å². The molecule has 1 rings (SSSR count). The maximum absolute atomic E-state index is 10.4. The van der Waals surface area contributed by atoms with Crippen LogP contribution in [0.2, 0.25) is 0 Å². The third-order valence-corrected chi connectivity index (χ3v) is 2.75. The van der Waals surface area contributed by atoms with E-state index in [4.69, 9.17) is 10.8 Å². The fourth-order valence-electron chi connectivity index (χ4n) is 2.22. The number of hydrogen-bond acceptors (Lipinski definition) is 3. The summed E-state index contributed by atoms with van der Waals surface area (Å²) in [6.45, 7) is 2.66. The summed E-state index contributed by atoms with van der Waals surface area (Å²) in [5.41, 5.74) is 5.71. The Balaban J connectivity index is 2.35. The molecule has 4 nitrogen and oxygen atoms in total. The van der Waals surface area contributed by atoms with Crippen LogP contribution in [-0.4, -0.2) is 42.7 Å². The zero-order valence-corrected chi connectivity index (χ0v) is 8.12. The third-order valence-electron chi connectivity index (χ3n) is 2.75. The van der Waals surface area contributed by atoms with Crippen LogP contribution < -0.4 is 5.73 Å². The molecule has 0 atom stereocenters. The van der Waals surface area contributed by atoms with E-state index in [-0.39, 0.29) is 11.8 Å². The van der Waals surface area contributed by atoms with E-state index < -0.39 is 5.97 Å². The van der Waals surface area contributed by atoms with Crippen molar-refractivity contribution in [1.82, 2.24) is 4.90 Å². The fourth-order valence-corrected chi connectivity index (χ4v) is 2.22. The van der Waals surface area contributed by atoms with Gasteiger partial charge in [-0.25, -0.2) is 0 Å². The van der Waals surface area contributed by atoms with Crippen molar-refractivity contribution in [2.75, 3.05) is 26.7 Å². The molecule has 0 radical (unpaired) electrons. The van der Waals surface area contributed by atoms with E-state index >= 15 is 0 Å². The van der Waals surface area contributed by atoms with Crippen molar-refractivity contribution in [2.24, 2.45) is 11.1 Å². The van der Waals surface area contributed by atoms with Crippen LogP contribution in [0.25, 0.3) is 0 Å². The minimum absolute atomic E-state index is 0.196. The highest BCUT2D eigenvalue weighted by molar-refractivity contribution is 5.66. The van der Waals surface area contributed by atoms with E-state index in [0.29, 0.717) is 6.54 Å². The summed E-state index contributed by atoms with van der Waals surface area (Å²) in [4.78, 5) is 12.6. The van der Waals surface area contributed by atoms with Gasteiger partial charge in [0.05, 0.1) is 0 Å². The van der Waals surface area contributed by atoms with Gasteiger partial charge in [0.1, 0.15) is 0 Å². The first-order valence-corrected chi connectivity index (χ1v) is 4.68. The summed E-state index contributed by atoms with van der Waals surface area (Å²) in [6, 6.07) is 0. The first-order chi connectivity index (χ1) is 6.08. The third kappa shape index (κ3) is 2.67. The Morgan fingerprint density at radius 2 is 2.15 bits per heavy atom. The topological polar surface area (TPSA) is 66.6 Å². The molecule has 0 spiro atoms. The molecule has 0 bridgehead atoms. The highest BCUT2D eigenvalue weighted by Crippen LogP contribution is 2.36. The van der Waals surface area contributed by atoms with Gasteiger partial charge in [-0.2, -0.15) is 0 Å². The summed E-state index contributed by atoms with van der Waals surface area (Å²) in [7, 11) is 2.05. The molecule has 0 aliphatic carbocycles. The van der Waals surface area contributed by atoms with E-state index in [1.165, 1.54) is 0 Å². The van der Waals surface area contributed by atoms with Gasteiger partial charge in [0.15, 0.2) is 0 Å². The SMILES string of the molecule is CN1CC(CCN)(CCC(=O)O)C1. The number of hydrogen-bond donors (Lipinski definition) is 2. The molecule has 13 heavy (non-hydrogen) atoms. The van der Waals surface area contributed by atoms with E-state index in [9.17, 15) is 4.79 Å². The van der Waals surface area contributed by atoms with Crippen LogP contribution in [-0.2, 0) is 4.79 Å². The number of nitrogens with zero attached hydrogens (tertiary/aromatic N) is 1. The molecule has 0 saturated carbocycles. The van der Waals surface area contributed by atoms with Gasteiger partial charge < -0.3 is 15.7 Å². The summed E-state index contributed by atoms with van der Waals surface area (Å²) >= 11 is 0. The molecule has 1 saturated heterocycles. The molecule has 1 fully saturated rings. The van der Waals surface area contributed by atoms with Gasteiger partial charge in [-0.05, 0) is 31.8 Å². The Morgan fingerprint density at radius 1 is 1.54 bits per heavy atom. The molecular formula is C9H18N2O2. The van der Waals surface area contributed by atoms with Crippen LogP contribution in [0.1, 0.15) is 19.3 Å². The molecule has 4 heteroatoms. The van der Waals surface area contributed by atoms with Crippen LogP contribution in [0.4, 0.5) is 0 Å². The molecule has 1 heterocycles. The van der Waals surface area contributed by atoms with Crippen LogP contribution in [0.5, 0.6) is 0 Å². The van der Waals surface area contributed by atoms with Crippen molar-refractivity contribution in [3.8, 4) is 0 Å². The van der Waals surface area contributed by atoms with E-state index in [1.54, 1.807) is 0 Å². The highest BCUT2D eigenvalue weighted by Gasteiger charge is 2.39. The standard InChI is InChI=1S/C9H18N2O2/c1-11-6-9(7-11,4-5-10)3-2-8(12)13/h2-7,10H2,1H3,(H,12,13). The fraction of sp³-hybridized carbons (Fsp3) is 0.889. The lowest BCUT2D eigenvalue weighted by atomic mass is 9.73. The Labute approximate surface area is 78.7 Å². The second-order valence-electron chi connectivity index (χ2n) is 4.10. The van der Waals surface area contributed by atoms with Crippen molar-refractivity contribution >= 4 is 5.97 Å². The summed E-state index contributed by atoms with van der Waals surface area (Å²) in [5, 5.41) is 8.59. The number of rotatable bonds is 5. The van der Waals surface area contributed by atoms with Crippen molar-refractivity contribution in [1.29, 1.82) is 0 Å². The quantitative estimate of drug-likeness (QED) is 0.640. The maximum Gasteiger partial charge on any atom is 0.303 e. The zero-order valence-electron chi connectivity index (χ0n) is 8.12. The van der Waals surface area contributed by atoms with Crippen molar-refractivity contribution in [2.45, 2.75) is 19.3 Å². The predicted octanol–water partition coefficient (Wildman–Crippen LogP) is 0.132. The maximum atomic E-state index is 10.4. The van der Waals surface area contributed by atoms with Gasteiger partial charge in [-0.3, -0.25) is 4.79 Å². The minimum Gasteiger partial charge on any atom is -0.481 e. The Kier molecular flexibility index (Phi) is 3.27. The molecule has 0 amide bonds. The molecule has 0 aromatic carbocycles. The average molecular weight is 186 g/mol. The van der Waals surface area contributed by atoms with Gasteiger partial charge in [0.25, 0.3) is 0 Å². The van der Waals surface area contributed by atoms with E-state index in [2.05, 4.69) is 11.9 Å². The molecule has 0 unspecified atom stereocenters. The smallest absolute Gasteiger partial charge is 0.303 e. The number of nitrogens with two attached hydrogens (primary N) is 1. The summed E-state index contributed by atoms with van der Waals surface area (Å²) in [6.07, 6.45) is 1.99. The highest BCUT2D eigenvalue weighted by atomic mass is 16.4. The number of carbonyl (C=O) groups is 1. The van der Waals surface area contributed by atoms with Crippen LogP contribution in [0.3, 0.4) is 0 Å². The molecule has 76 valence electrons. The van der Waals surface area contributed by atoms with Crippen LogP contribution in [0, 0.1) is 5.41 Å². The molecule has 3 N–H and O–H groups in total. The van der Waals surface area contributed by atoms with Crippen molar-refractivity contribution in [3.05, 3.63) is 0 Å². The molecule has 0 aromatic heterocycles. The zero-order chi connectivity index (χ0) is 9.90. The average Bonchev–Trinajstić information content (AvgIpc) is 1.98. The van der Waals surface area contributed by atoms with Crippen LogP contribution >= 0.6 is 0 Å². The molecular weight excluding hydrogens is 168 g/mol. The van der Waals surface area contributed by atoms with Crippen molar-refractivity contribution < 1.29 is 9.90 Å². The van der Waals surface area contributed by atoms with Crippen LogP contribution in [0.15, 0.2) is 0 Å². The van der Waals surface area contributed by atoms with E-state index in [1.807, 2.05) is 0 Å². The second-order valence-corrected chi connectivity index (χ2v) is 4.10. The normalized spacial score (nSPS) is 21.1. The number of carboxylic acids is 1. The summed E-state index contributed by atoms with van der Waals surface area (Å²) in [5.74, 6) is -0.703. The van der Waals surface area contributed by atoms with Gasteiger partial charge in [0, 0.05) is 19.5 Å². The van der Waals surface area contributed by atoms with Gasteiger partial charge in [-0.1, -0.05) is 0 Å². The Bertz CT molecular complexity index is 183. The lowest BCUT2D eigenvalue weighted by Crippen LogP contribution is -2.55. The van der Waals surface area contributed by atoms with E-state index in [0.717, 1.165) is 25.9 Å². The lowest BCUT2D eigenvalue weighted by Gasteiger charge is -2.49. The lowest BCUT2D eigenvalue weighted by molar-refractivity contribution is -0.138. The largest absolute Gasteiger partial charge is 0.481 e. The predicted molar refractivity (Wildman–Crippen MR) is 50.5 cm³/mol. The Hall–Kier alpha value is -0.610. The molecule has 0 aromatic rings. The Morgan fingerprint density at radius 3 is 2.54 bits per heavy atom. The molecule has 1 aliphatic rings. The first-order valence-electron chi connectivity index (χ1n) is 4.68. The van der Waals surface area contributed by atoms with Gasteiger partial charge in [-0.15, -0.1) is 0 Å². The summed E-state index contributed by atoms with van der Waals surface area (Å²) < 4.78 is 0. The number of carboxylic acid groups (broad SMARTS) is 1. The minimum atomic E-state index is -0.703.